The highest BCUT2D eigenvalue weighted by Crippen LogP contribution is 2.21. The molecule has 1 saturated heterocycles. The van der Waals surface area contributed by atoms with Gasteiger partial charge >= 0.3 is 0 Å². The van der Waals surface area contributed by atoms with Crippen molar-refractivity contribution in [1.29, 1.82) is 0 Å². The van der Waals surface area contributed by atoms with Gasteiger partial charge in [0.2, 0.25) is 0 Å². The minimum Gasteiger partial charge on any atom is -0.317 e. The van der Waals surface area contributed by atoms with Crippen molar-refractivity contribution in [3.63, 3.8) is 0 Å². The molecule has 0 aliphatic carbocycles. The van der Waals surface area contributed by atoms with Crippen molar-refractivity contribution in [3.8, 4) is 0 Å². The number of aromatic amines is 1. The zero-order chi connectivity index (χ0) is 7.52. The number of piperidine rings is 1. The highest BCUT2D eigenvalue weighted by Gasteiger charge is 2.16. The van der Waals surface area contributed by atoms with Crippen LogP contribution in [0, 0.1) is 0 Å². The predicted octanol–water partition coefficient (Wildman–Crippen LogP) is 0.272. The van der Waals surface area contributed by atoms with E-state index in [1.54, 1.807) is 0 Å². The SMILES string of the molecule is c1[nH]nnc1C1CCNCC1. The fourth-order valence-corrected chi connectivity index (χ4v) is 1.53. The quantitative estimate of drug-likeness (QED) is 0.607. The summed E-state index contributed by atoms with van der Waals surface area (Å²) in [6.07, 6.45) is 4.27. The molecule has 2 rings (SSSR count). The lowest BCUT2D eigenvalue weighted by Gasteiger charge is -2.19. The smallest absolute Gasteiger partial charge is 0.0856 e. The van der Waals surface area contributed by atoms with Gasteiger partial charge in [0.1, 0.15) is 0 Å². The Morgan fingerprint density at radius 1 is 1.36 bits per heavy atom. The normalized spacial score (nSPS) is 20.4. The summed E-state index contributed by atoms with van der Waals surface area (Å²) in [4.78, 5) is 0. The molecule has 0 saturated carbocycles. The first kappa shape index (κ1) is 6.79. The second-order valence-electron chi connectivity index (χ2n) is 2.92. The second-order valence-corrected chi connectivity index (χ2v) is 2.92. The zero-order valence-electron chi connectivity index (χ0n) is 6.38. The predicted molar refractivity (Wildman–Crippen MR) is 41.2 cm³/mol. The Morgan fingerprint density at radius 3 is 2.82 bits per heavy atom. The van der Waals surface area contributed by atoms with E-state index in [9.17, 15) is 0 Å². The third-order valence-corrected chi connectivity index (χ3v) is 2.19. The summed E-state index contributed by atoms with van der Waals surface area (Å²) >= 11 is 0. The van der Waals surface area contributed by atoms with Gasteiger partial charge in [0.15, 0.2) is 0 Å². The zero-order valence-corrected chi connectivity index (χ0v) is 6.38. The van der Waals surface area contributed by atoms with Gasteiger partial charge in [0, 0.05) is 12.1 Å². The lowest BCUT2D eigenvalue weighted by atomic mass is 9.95. The molecule has 1 aromatic heterocycles. The van der Waals surface area contributed by atoms with Crippen LogP contribution in [0.1, 0.15) is 24.5 Å². The lowest BCUT2D eigenvalue weighted by molar-refractivity contribution is 0.453. The van der Waals surface area contributed by atoms with E-state index in [1.165, 1.54) is 12.8 Å². The van der Waals surface area contributed by atoms with Gasteiger partial charge < -0.3 is 5.32 Å². The number of nitrogens with zero attached hydrogens (tertiary/aromatic N) is 2. The molecule has 1 aromatic rings. The van der Waals surface area contributed by atoms with Gasteiger partial charge in [0.25, 0.3) is 0 Å². The molecular weight excluding hydrogens is 140 g/mol. The molecule has 1 fully saturated rings. The van der Waals surface area contributed by atoms with Crippen LogP contribution in [0.15, 0.2) is 6.20 Å². The summed E-state index contributed by atoms with van der Waals surface area (Å²) in [5.41, 5.74) is 1.12. The Hall–Kier alpha value is -0.900. The van der Waals surface area contributed by atoms with Crippen molar-refractivity contribution in [3.05, 3.63) is 11.9 Å². The van der Waals surface area contributed by atoms with Crippen LogP contribution in [0.5, 0.6) is 0 Å². The van der Waals surface area contributed by atoms with Crippen molar-refractivity contribution < 1.29 is 0 Å². The lowest BCUT2D eigenvalue weighted by Crippen LogP contribution is -2.26. The first-order chi connectivity index (χ1) is 5.47. The van der Waals surface area contributed by atoms with Crippen LogP contribution in [0.4, 0.5) is 0 Å². The molecule has 0 atom stereocenters. The van der Waals surface area contributed by atoms with E-state index in [4.69, 9.17) is 0 Å². The van der Waals surface area contributed by atoms with Crippen LogP contribution in [0.25, 0.3) is 0 Å². The Morgan fingerprint density at radius 2 is 2.18 bits per heavy atom. The number of hydrogen-bond donors (Lipinski definition) is 2. The van der Waals surface area contributed by atoms with Gasteiger partial charge in [-0.15, -0.1) is 5.10 Å². The number of hydrogen-bond acceptors (Lipinski definition) is 3. The Bertz CT molecular complexity index is 200. The summed E-state index contributed by atoms with van der Waals surface area (Å²) < 4.78 is 0. The maximum atomic E-state index is 4.01. The molecule has 0 radical (unpaired) electrons. The first-order valence-corrected chi connectivity index (χ1v) is 4.04. The summed E-state index contributed by atoms with van der Waals surface area (Å²) in [7, 11) is 0. The van der Waals surface area contributed by atoms with Gasteiger partial charge in [-0.25, -0.2) is 0 Å². The van der Waals surface area contributed by atoms with E-state index in [0.29, 0.717) is 5.92 Å². The van der Waals surface area contributed by atoms with Crippen molar-refractivity contribution in [2.24, 2.45) is 0 Å². The molecule has 4 heteroatoms. The van der Waals surface area contributed by atoms with Gasteiger partial charge in [-0.3, -0.25) is 5.10 Å². The van der Waals surface area contributed by atoms with E-state index in [2.05, 4.69) is 20.7 Å². The fourth-order valence-electron chi connectivity index (χ4n) is 1.53. The largest absolute Gasteiger partial charge is 0.317 e. The molecule has 4 nitrogen and oxygen atoms in total. The molecule has 0 spiro atoms. The van der Waals surface area contributed by atoms with Crippen LogP contribution in [-0.2, 0) is 0 Å². The van der Waals surface area contributed by atoms with Gasteiger partial charge in [-0.05, 0) is 25.9 Å². The van der Waals surface area contributed by atoms with Crippen LogP contribution in [0.3, 0.4) is 0 Å². The van der Waals surface area contributed by atoms with Crippen molar-refractivity contribution in [2.45, 2.75) is 18.8 Å². The topological polar surface area (TPSA) is 53.6 Å². The number of H-pyrrole nitrogens is 1. The molecule has 0 unspecified atom stereocenters. The number of rotatable bonds is 1. The molecular formula is C7H12N4. The average molecular weight is 152 g/mol. The van der Waals surface area contributed by atoms with E-state index in [-0.39, 0.29) is 0 Å². The molecule has 11 heavy (non-hydrogen) atoms. The molecule has 0 bridgehead atoms. The maximum absolute atomic E-state index is 4.01. The third-order valence-electron chi connectivity index (χ3n) is 2.19. The summed E-state index contributed by atoms with van der Waals surface area (Å²) in [5.74, 6) is 0.620. The molecule has 2 heterocycles. The second kappa shape index (κ2) is 3.00. The monoisotopic (exact) mass is 152 g/mol. The Labute approximate surface area is 65.4 Å². The minimum absolute atomic E-state index is 0.620. The summed E-state index contributed by atoms with van der Waals surface area (Å²) in [6.45, 7) is 2.22. The fraction of sp³-hybridized carbons (Fsp3) is 0.714. The summed E-state index contributed by atoms with van der Waals surface area (Å²) in [5, 5.41) is 13.8. The van der Waals surface area contributed by atoms with Crippen molar-refractivity contribution >= 4 is 0 Å². The van der Waals surface area contributed by atoms with Crippen molar-refractivity contribution in [1.82, 2.24) is 20.7 Å². The average Bonchev–Trinajstić information content (AvgIpc) is 2.58. The molecule has 1 aliphatic heterocycles. The maximum Gasteiger partial charge on any atom is 0.0856 e. The van der Waals surface area contributed by atoms with Gasteiger partial charge in [0.05, 0.1) is 5.69 Å². The standard InChI is InChI=1S/C7H12N4/c1-3-8-4-2-6(1)7-5-9-11-10-7/h5-6,8H,1-4H2,(H,9,10,11). The molecule has 0 aromatic carbocycles. The van der Waals surface area contributed by atoms with Crippen LogP contribution in [0.2, 0.25) is 0 Å². The number of nitrogens with one attached hydrogen (secondary N) is 2. The third kappa shape index (κ3) is 1.40. The minimum atomic E-state index is 0.620. The van der Waals surface area contributed by atoms with Crippen molar-refractivity contribution in [2.75, 3.05) is 13.1 Å². The molecule has 0 amide bonds. The van der Waals surface area contributed by atoms with Gasteiger partial charge in [-0.1, -0.05) is 5.21 Å². The van der Waals surface area contributed by atoms with E-state index in [1.807, 2.05) is 6.20 Å². The van der Waals surface area contributed by atoms with E-state index >= 15 is 0 Å². The van der Waals surface area contributed by atoms with Crippen LogP contribution >= 0.6 is 0 Å². The molecule has 1 aliphatic rings. The van der Waals surface area contributed by atoms with Crippen LogP contribution in [-0.4, -0.2) is 28.5 Å². The van der Waals surface area contributed by atoms with Gasteiger partial charge in [-0.2, -0.15) is 0 Å². The first-order valence-electron chi connectivity index (χ1n) is 4.04. The molecule has 60 valence electrons. The van der Waals surface area contributed by atoms with Crippen LogP contribution < -0.4 is 5.32 Å². The number of aromatic nitrogens is 3. The van der Waals surface area contributed by atoms with E-state index < -0.39 is 0 Å². The highest BCUT2D eigenvalue weighted by molar-refractivity contribution is 5.02. The Balaban J connectivity index is 2.04. The Kier molecular flexibility index (Phi) is 1.85. The van der Waals surface area contributed by atoms with E-state index in [0.717, 1.165) is 18.8 Å². The highest BCUT2D eigenvalue weighted by atomic mass is 15.3. The molecule has 2 N–H and O–H groups in total. The summed E-state index contributed by atoms with van der Waals surface area (Å²) in [6, 6.07) is 0.